The van der Waals surface area contributed by atoms with Crippen LogP contribution in [0.2, 0.25) is 5.02 Å². The highest BCUT2D eigenvalue weighted by molar-refractivity contribution is 6.31. The molecule has 0 atom stereocenters. The molecule has 126 valence electrons. The maximum atomic E-state index is 11.4. The molecular formula is C16H11ClN4O4. The Hall–Kier alpha value is -3.26. The maximum absolute atomic E-state index is 11.4. The molecule has 0 radical (unpaired) electrons. The molecule has 0 aliphatic heterocycles. The van der Waals surface area contributed by atoms with Crippen molar-refractivity contribution in [3.8, 4) is 0 Å². The first-order valence-electron chi connectivity index (χ1n) is 7.12. The Morgan fingerprint density at radius 3 is 2.44 bits per heavy atom. The van der Waals surface area contributed by atoms with Crippen LogP contribution in [0.25, 0.3) is 10.9 Å². The Morgan fingerprint density at radius 1 is 1.08 bits per heavy atom. The standard InChI is InChI=1S/C16H11ClN4O4/c1-9-4-5-10(7-12(9)17)19-16-14(21(24)25)8-13(20(22)23)11-3-2-6-18-15(11)16/h2-8,19H,1H3. The summed E-state index contributed by atoms with van der Waals surface area (Å²) in [6.07, 6.45) is 1.42. The topological polar surface area (TPSA) is 111 Å². The number of rotatable bonds is 4. The van der Waals surface area contributed by atoms with Crippen molar-refractivity contribution in [3.05, 3.63) is 73.4 Å². The van der Waals surface area contributed by atoms with Gasteiger partial charge < -0.3 is 5.32 Å². The Bertz CT molecular complexity index is 1020. The molecule has 3 rings (SSSR count). The first kappa shape index (κ1) is 16.6. The van der Waals surface area contributed by atoms with Gasteiger partial charge >= 0.3 is 5.69 Å². The normalized spacial score (nSPS) is 10.6. The van der Waals surface area contributed by atoms with Crippen molar-refractivity contribution < 1.29 is 9.85 Å². The number of halogens is 1. The summed E-state index contributed by atoms with van der Waals surface area (Å²) in [6, 6.07) is 9.06. The van der Waals surface area contributed by atoms with E-state index in [4.69, 9.17) is 11.6 Å². The van der Waals surface area contributed by atoms with Crippen LogP contribution in [0.3, 0.4) is 0 Å². The van der Waals surface area contributed by atoms with Crippen LogP contribution < -0.4 is 5.32 Å². The Balaban J connectivity index is 2.27. The summed E-state index contributed by atoms with van der Waals surface area (Å²) >= 11 is 6.09. The summed E-state index contributed by atoms with van der Waals surface area (Å²) < 4.78 is 0. The molecule has 0 amide bonds. The van der Waals surface area contributed by atoms with Crippen LogP contribution in [0, 0.1) is 27.2 Å². The van der Waals surface area contributed by atoms with Crippen molar-refractivity contribution in [2.45, 2.75) is 6.92 Å². The largest absolute Gasteiger partial charge is 0.348 e. The molecule has 0 aliphatic rings. The van der Waals surface area contributed by atoms with Crippen LogP contribution in [0.5, 0.6) is 0 Å². The van der Waals surface area contributed by atoms with Crippen LogP contribution >= 0.6 is 11.6 Å². The molecule has 0 spiro atoms. The number of anilines is 2. The molecule has 0 unspecified atom stereocenters. The average Bonchev–Trinajstić information content (AvgIpc) is 2.57. The number of aromatic nitrogens is 1. The number of hydrogen-bond donors (Lipinski definition) is 1. The second-order valence-corrected chi connectivity index (χ2v) is 5.70. The number of aryl methyl sites for hydroxylation is 1. The van der Waals surface area contributed by atoms with Crippen molar-refractivity contribution in [3.63, 3.8) is 0 Å². The van der Waals surface area contributed by atoms with E-state index >= 15 is 0 Å². The number of hydrogen-bond acceptors (Lipinski definition) is 6. The summed E-state index contributed by atoms with van der Waals surface area (Å²) in [5, 5.41) is 26.3. The molecule has 1 N–H and O–H groups in total. The van der Waals surface area contributed by atoms with E-state index in [9.17, 15) is 20.2 Å². The summed E-state index contributed by atoms with van der Waals surface area (Å²) in [6.45, 7) is 1.83. The van der Waals surface area contributed by atoms with E-state index in [1.807, 2.05) is 6.92 Å². The summed E-state index contributed by atoms with van der Waals surface area (Å²) in [7, 11) is 0. The van der Waals surface area contributed by atoms with Crippen molar-refractivity contribution in [1.82, 2.24) is 4.98 Å². The van der Waals surface area contributed by atoms with Crippen LogP contribution in [0.15, 0.2) is 42.6 Å². The van der Waals surface area contributed by atoms with Gasteiger partial charge in [0.1, 0.15) is 11.2 Å². The maximum Gasteiger partial charge on any atom is 0.301 e. The first-order chi connectivity index (χ1) is 11.9. The quantitative estimate of drug-likeness (QED) is 0.531. The number of nitrogens with one attached hydrogen (secondary N) is 1. The molecule has 2 aromatic carbocycles. The van der Waals surface area contributed by atoms with Gasteiger partial charge in [0.25, 0.3) is 5.69 Å². The highest BCUT2D eigenvalue weighted by Gasteiger charge is 2.26. The third kappa shape index (κ3) is 3.07. The van der Waals surface area contributed by atoms with Crippen LogP contribution in [-0.2, 0) is 0 Å². The zero-order chi connectivity index (χ0) is 18.1. The lowest BCUT2D eigenvalue weighted by molar-refractivity contribution is -0.392. The molecule has 0 saturated carbocycles. The second kappa shape index (κ2) is 6.33. The minimum atomic E-state index is -0.681. The van der Waals surface area contributed by atoms with Gasteiger partial charge in [-0.25, -0.2) is 0 Å². The van der Waals surface area contributed by atoms with Gasteiger partial charge in [-0.15, -0.1) is 0 Å². The van der Waals surface area contributed by atoms with Crippen molar-refractivity contribution in [1.29, 1.82) is 0 Å². The lowest BCUT2D eigenvalue weighted by atomic mass is 10.1. The molecule has 3 aromatic rings. The van der Waals surface area contributed by atoms with E-state index in [1.165, 1.54) is 18.3 Å². The summed E-state index contributed by atoms with van der Waals surface area (Å²) in [4.78, 5) is 25.5. The molecule has 0 saturated heterocycles. The average molecular weight is 359 g/mol. The van der Waals surface area contributed by atoms with Gasteiger partial charge in [0, 0.05) is 16.9 Å². The van der Waals surface area contributed by atoms with Gasteiger partial charge in [0.2, 0.25) is 0 Å². The predicted molar refractivity (Wildman–Crippen MR) is 94.5 cm³/mol. The van der Waals surface area contributed by atoms with E-state index in [0.29, 0.717) is 10.7 Å². The fourth-order valence-corrected chi connectivity index (χ4v) is 2.63. The number of non-ortho nitro benzene ring substituents is 1. The number of nitrogens with zero attached hydrogens (tertiary/aromatic N) is 3. The third-order valence-corrected chi connectivity index (χ3v) is 4.09. The second-order valence-electron chi connectivity index (χ2n) is 5.29. The zero-order valence-corrected chi connectivity index (χ0v) is 13.6. The fraction of sp³-hybridized carbons (Fsp3) is 0.0625. The zero-order valence-electron chi connectivity index (χ0n) is 12.9. The van der Waals surface area contributed by atoms with Gasteiger partial charge in [-0.3, -0.25) is 25.2 Å². The van der Waals surface area contributed by atoms with E-state index in [-0.39, 0.29) is 22.3 Å². The lowest BCUT2D eigenvalue weighted by Gasteiger charge is -2.11. The van der Waals surface area contributed by atoms with Crippen molar-refractivity contribution in [2.75, 3.05) is 5.32 Å². The summed E-state index contributed by atoms with van der Waals surface area (Å²) in [5.74, 6) is 0. The van der Waals surface area contributed by atoms with Crippen LogP contribution in [-0.4, -0.2) is 14.8 Å². The number of fused-ring (bicyclic) bond motifs is 1. The monoisotopic (exact) mass is 358 g/mol. The van der Waals surface area contributed by atoms with Gasteiger partial charge in [-0.05, 0) is 36.8 Å². The Morgan fingerprint density at radius 2 is 1.80 bits per heavy atom. The number of nitro groups is 2. The van der Waals surface area contributed by atoms with Gasteiger partial charge in [0.15, 0.2) is 0 Å². The van der Waals surface area contributed by atoms with E-state index in [2.05, 4.69) is 10.3 Å². The minimum absolute atomic E-state index is 0.0751. The third-order valence-electron chi connectivity index (χ3n) is 3.68. The molecule has 1 heterocycles. The minimum Gasteiger partial charge on any atom is -0.348 e. The highest BCUT2D eigenvalue weighted by atomic mass is 35.5. The predicted octanol–water partition coefficient (Wildman–Crippen LogP) is 4.76. The molecule has 9 heteroatoms. The first-order valence-corrected chi connectivity index (χ1v) is 7.50. The molecule has 8 nitrogen and oxygen atoms in total. The van der Waals surface area contributed by atoms with Crippen molar-refractivity contribution >= 4 is 45.3 Å². The molecule has 25 heavy (non-hydrogen) atoms. The fourth-order valence-electron chi connectivity index (χ4n) is 2.45. The lowest BCUT2D eigenvalue weighted by Crippen LogP contribution is -2.02. The van der Waals surface area contributed by atoms with Crippen LogP contribution in [0.4, 0.5) is 22.7 Å². The number of nitro benzene ring substituents is 2. The molecular weight excluding hydrogens is 348 g/mol. The molecule has 0 aliphatic carbocycles. The Labute approximate surface area is 146 Å². The highest BCUT2D eigenvalue weighted by Crippen LogP contribution is 2.39. The molecule has 1 aromatic heterocycles. The van der Waals surface area contributed by atoms with Crippen LogP contribution in [0.1, 0.15) is 5.56 Å². The van der Waals surface area contributed by atoms with Crippen molar-refractivity contribution in [2.24, 2.45) is 0 Å². The molecule has 0 fully saturated rings. The van der Waals surface area contributed by atoms with Gasteiger partial charge in [0.05, 0.1) is 21.3 Å². The van der Waals surface area contributed by atoms with Gasteiger partial charge in [-0.1, -0.05) is 17.7 Å². The van der Waals surface area contributed by atoms with E-state index in [0.717, 1.165) is 11.6 Å². The van der Waals surface area contributed by atoms with E-state index < -0.39 is 15.5 Å². The van der Waals surface area contributed by atoms with E-state index in [1.54, 1.807) is 18.2 Å². The number of benzene rings is 2. The SMILES string of the molecule is Cc1ccc(Nc2c([N+](=O)[O-])cc([N+](=O)[O-])c3cccnc23)cc1Cl. The summed E-state index contributed by atoms with van der Waals surface area (Å²) in [5.41, 5.74) is 0.774. The van der Waals surface area contributed by atoms with Gasteiger partial charge in [-0.2, -0.15) is 0 Å². The Kier molecular flexibility index (Phi) is 4.20. The number of pyridine rings is 1. The smallest absolute Gasteiger partial charge is 0.301 e. The molecule has 0 bridgehead atoms.